The predicted octanol–water partition coefficient (Wildman–Crippen LogP) is 7.89. The number of unbranched alkanes of at least 4 members (excludes halogenated alkanes) is 1. The summed E-state index contributed by atoms with van der Waals surface area (Å²) in [5.41, 5.74) is 2.13. The highest BCUT2D eigenvalue weighted by atomic mass is 19.2. The molecule has 0 saturated carbocycles. The number of benzene rings is 2. The summed E-state index contributed by atoms with van der Waals surface area (Å²) in [6, 6.07) is 9.65. The molecule has 0 saturated heterocycles. The van der Waals surface area contributed by atoms with Crippen LogP contribution in [0.4, 0.5) is 17.6 Å². The van der Waals surface area contributed by atoms with Crippen molar-refractivity contribution in [1.82, 2.24) is 0 Å². The van der Waals surface area contributed by atoms with E-state index in [1.807, 2.05) is 6.92 Å². The molecule has 0 unspecified atom stereocenters. The van der Waals surface area contributed by atoms with E-state index in [4.69, 9.17) is 0 Å². The molecule has 0 radical (unpaired) electrons. The van der Waals surface area contributed by atoms with Crippen molar-refractivity contribution < 1.29 is 17.6 Å². The Labute approximate surface area is 165 Å². The first kappa shape index (κ1) is 22.2. The monoisotopic (exact) mass is 392 g/mol. The Kier molecular flexibility index (Phi) is 8.75. The quantitative estimate of drug-likeness (QED) is 0.285. The highest BCUT2D eigenvalue weighted by Crippen LogP contribution is 2.25. The fourth-order valence-electron chi connectivity index (χ4n) is 3.25. The summed E-state index contributed by atoms with van der Waals surface area (Å²) >= 11 is 0. The molecule has 0 amide bonds. The molecular weight excluding hydrogens is 364 g/mol. The summed E-state index contributed by atoms with van der Waals surface area (Å²) in [6.07, 6.45) is 4.82. The molecule has 4 heteroatoms. The van der Waals surface area contributed by atoms with Crippen LogP contribution in [0.2, 0.25) is 0 Å². The number of halogens is 4. The first-order chi connectivity index (χ1) is 13.5. The second-order valence-electron chi connectivity index (χ2n) is 7.16. The molecule has 0 atom stereocenters. The van der Waals surface area contributed by atoms with Crippen molar-refractivity contribution in [2.45, 2.75) is 65.2 Å². The lowest BCUT2D eigenvalue weighted by Crippen LogP contribution is -1.99. The van der Waals surface area contributed by atoms with E-state index < -0.39 is 23.3 Å². The summed E-state index contributed by atoms with van der Waals surface area (Å²) in [7, 11) is 0. The fourth-order valence-corrected chi connectivity index (χ4v) is 3.25. The van der Waals surface area contributed by atoms with Crippen molar-refractivity contribution in [3.8, 4) is 0 Å². The minimum absolute atomic E-state index is 0.105. The van der Waals surface area contributed by atoms with Gasteiger partial charge in [0, 0.05) is 17.5 Å². The number of aryl methyl sites for hydroxylation is 2. The van der Waals surface area contributed by atoms with Crippen LogP contribution in [0, 0.1) is 11.6 Å². The van der Waals surface area contributed by atoms with Crippen LogP contribution >= 0.6 is 0 Å². The van der Waals surface area contributed by atoms with Gasteiger partial charge in [0.15, 0.2) is 5.83 Å². The Morgan fingerprint density at radius 1 is 0.750 bits per heavy atom. The number of hydrogen-bond donors (Lipinski definition) is 0. The summed E-state index contributed by atoms with van der Waals surface area (Å²) in [5, 5.41) is 0. The molecular formula is C24H28F4. The van der Waals surface area contributed by atoms with E-state index in [2.05, 4.69) is 0 Å². The molecule has 0 aromatic heterocycles. The minimum atomic E-state index is -0.788. The summed E-state index contributed by atoms with van der Waals surface area (Å²) in [6.45, 7) is 3.70. The van der Waals surface area contributed by atoms with Crippen LogP contribution in [0.15, 0.2) is 42.2 Å². The van der Waals surface area contributed by atoms with E-state index in [-0.39, 0.29) is 17.5 Å². The Morgan fingerprint density at radius 2 is 1.32 bits per heavy atom. The minimum Gasteiger partial charge on any atom is -0.209 e. The van der Waals surface area contributed by atoms with Gasteiger partial charge >= 0.3 is 0 Å². The molecule has 2 rings (SSSR count). The van der Waals surface area contributed by atoms with Crippen molar-refractivity contribution >= 4 is 5.83 Å². The number of rotatable bonds is 10. The van der Waals surface area contributed by atoms with Gasteiger partial charge in [-0.3, -0.25) is 0 Å². The maximum absolute atomic E-state index is 14.0. The predicted molar refractivity (Wildman–Crippen MR) is 107 cm³/mol. The van der Waals surface area contributed by atoms with Crippen LogP contribution < -0.4 is 0 Å². The highest BCUT2D eigenvalue weighted by molar-refractivity contribution is 5.61. The van der Waals surface area contributed by atoms with E-state index in [1.165, 1.54) is 12.1 Å². The SMILES string of the molecule is CCC/C(F)=C(/F)c1ccc(CCCCc2cc(F)c(CCC)c(F)c2)cc1. The van der Waals surface area contributed by atoms with Gasteiger partial charge in [-0.05, 0) is 61.8 Å². The van der Waals surface area contributed by atoms with Gasteiger partial charge in [0.25, 0.3) is 0 Å². The molecule has 0 N–H and O–H groups in total. The third-order valence-electron chi connectivity index (χ3n) is 4.80. The van der Waals surface area contributed by atoms with Crippen molar-refractivity contribution in [2.24, 2.45) is 0 Å². The van der Waals surface area contributed by atoms with E-state index >= 15 is 0 Å². The maximum atomic E-state index is 14.0. The van der Waals surface area contributed by atoms with Crippen LogP contribution in [0.25, 0.3) is 5.83 Å². The van der Waals surface area contributed by atoms with E-state index in [1.54, 1.807) is 31.2 Å². The third-order valence-corrected chi connectivity index (χ3v) is 4.80. The van der Waals surface area contributed by atoms with Crippen LogP contribution in [-0.4, -0.2) is 0 Å². The summed E-state index contributed by atoms with van der Waals surface area (Å²) in [5.74, 6) is -2.42. The molecule has 2 aromatic carbocycles. The number of hydrogen-bond acceptors (Lipinski definition) is 0. The molecule has 0 spiro atoms. The van der Waals surface area contributed by atoms with E-state index in [0.717, 1.165) is 24.8 Å². The van der Waals surface area contributed by atoms with Gasteiger partial charge in [-0.15, -0.1) is 0 Å². The second-order valence-corrected chi connectivity index (χ2v) is 7.16. The standard InChI is InChI=1S/C24H28F4/c1-3-7-20-22(26)15-18(16-23(20)27)10-6-5-9-17-11-13-19(14-12-17)24(28)21(25)8-4-2/h11-16H,3-10H2,1-2H3/b24-21-. The number of allylic oxidation sites excluding steroid dienone is 1. The zero-order valence-electron chi connectivity index (χ0n) is 16.6. The second kappa shape index (κ2) is 11.0. The summed E-state index contributed by atoms with van der Waals surface area (Å²) in [4.78, 5) is 0. The maximum Gasteiger partial charge on any atom is 0.161 e. The Hall–Kier alpha value is -2.10. The van der Waals surface area contributed by atoms with Crippen LogP contribution in [0.5, 0.6) is 0 Å². The molecule has 0 nitrogen and oxygen atoms in total. The molecule has 0 aliphatic rings. The average molecular weight is 392 g/mol. The fraction of sp³-hybridized carbons (Fsp3) is 0.417. The molecule has 0 heterocycles. The molecule has 0 aliphatic heterocycles. The van der Waals surface area contributed by atoms with Gasteiger partial charge in [-0.1, -0.05) is 44.5 Å². The van der Waals surface area contributed by atoms with Crippen LogP contribution in [0.3, 0.4) is 0 Å². The summed E-state index contributed by atoms with van der Waals surface area (Å²) < 4.78 is 55.5. The zero-order chi connectivity index (χ0) is 20.5. The molecule has 2 aromatic rings. The lowest BCUT2D eigenvalue weighted by molar-refractivity contribution is 0.548. The van der Waals surface area contributed by atoms with Crippen molar-refractivity contribution in [3.63, 3.8) is 0 Å². The Balaban J connectivity index is 1.86. The molecule has 0 bridgehead atoms. The Morgan fingerprint density at radius 3 is 1.86 bits per heavy atom. The van der Waals surface area contributed by atoms with Crippen molar-refractivity contribution in [2.75, 3.05) is 0 Å². The Bertz CT molecular complexity index is 768. The first-order valence-electron chi connectivity index (χ1n) is 10.1. The molecule has 152 valence electrons. The molecule has 28 heavy (non-hydrogen) atoms. The first-order valence-corrected chi connectivity index (χ1v) is 10.1. The highest BCUT2D eigenvalue weighted by Gasteiger charge is 2.11. The van der Waals surface area contributed by atoms with Gasteiger partial charge in [-0.25, -0.2) is 17.6 Å². The molecule has 0 aliphatic carbocycles. The van der Waals surface area contributed by atoms with Crippen molar-refractivity contribution in [1.29, 1.82) is 0 Å². The normalized spacial score (nSPS) is 12.2. The van der Waals surface area contributed by atoms with Crippen LogP contribution in [-0.2, 0) is 19.3 Å². The van der Waals surface area contributed by atoms with Gasteiger partial charge < -0.3 is 0 Å². The lowest BCUT2D eigenvalue weighted by atomic mass is 10.00. The van der Waals surface area contributed by atoms with Crippen molar-refractivity contribution in [3.05, 3.63) is 76.1 Å². The average Bonchev–Trinajstić information content (AvgIpc) is 2.68. The largest absolute Gasteiger partial charge is 0.209 e. The van der Waals surface area contributed by atoms with Crippen LogP contribution in [0.1, 0.15) is 68.2 Å². The van der Waals surface area contributed by atoms with Gasteiger partial charge in [0.1, 0.15) is 17.5 Å². The van der Waals surface area contributed by atoms with Gasteiger partial charge in [0.05, 0.1) is 0 Å². The van der Waals surface area contributed by atoms with Gasteiger partial charge in [0.2, 0.25) is 0 Å². The zero-order valence-corrected chi connectivity index (χ0v) is 16.6. The van der Waals surface area contributed by atoms with Gasteiger partial charge in [-0.2, -0.15) is 0 Å². The molecule has 0 fully saturated rings. The van der Waals surface area contributed by atoms with E-state index in [9.17, 15) is 17.6 Å². The smallest absolute Gasteiger partial charge is 0.161 e. The third kappa shape index (κ3) is 6.22. The van der Waals surface area contributed by atoms with E-state index in [0.29, 0.717) is 31.2 Å². The lowest BCUT2D eigenvalue weighted by Gasteiger charge is -2.08. The topological polar surface area (TPSA) is 0 Å².